The quantitative estimate of drug-likeness (QED) is 0.496. The molecule has 2 nitrogen and oxygen atoms in total. The molecule has 0 aliphatic carbocycles. The maximum absolute atomic E-state index is 13.5. The summed E-state index contributed by atoms with van der Waals surface area (Å²) < 4.78 is 58.1. The van der Waals surface area contributed by atoms with E-state index in [1.54, 1.807) is 6.92 Å². The van der Waals surface area contributed by atoms with Crippen molar-refractivity contribution in [2.45, 2.75) is 25.4 Å². The first-order chi connectivity index (χ1) is 7.95. The second-order valence-electron chi connectivity index (χ2n) is 4.08. The predicted molar refractivity (Wildman–Crippen MR) is 52.7 cm³/mol. The molecule has 0 radical (unpaired) electrons. The van der Waals surface area contributed by atoms with Crippen molar-refractivity contribution in [3.8, 4) is 5.75 Å². The van der Waals surface area contributed by atoms with Crippen LogP contribution in [-0.2, 0) is 6.42 Å². The molecule has 94 valence electrons. The largest absolute Gasteiger partial charge is 0.482 e. The summed E-state index contributed by atoms with van der Waals surface area (Å²) in [6, 6.07) is 0. The normalized spacial score (nSPS) is 22.5. The third-order valence-corrected chi connectivity index (χ3v) is 3.15. The van der Waals surface area contributed by atoms with Crippen LogP contribution in [0.3, 0.4) is 0 Å². The van der Waals surface area contributed by atoms with Gasteiger partial charge in [-0.25, -0.2) is 13.2 Å². The Bertz CT molecular complexity index is 432. The van der Waals surface area contributed by atoms with E-state index in [2.05, 4.69) is 0 Å². The zero-order valence-electron chi connectivity index (χ0n) is 9.12. The first-order valence-corrected chi connectivity index (χ1v) is 5.19. The van der Waals surface area contributed by atoms with Crippen molar-refractivity contribution in [2.24, 2.45) is 5.73 Å². The van der Waals surface area contributed by atoms with Crippen LogP contribution in [0.25, 0.3) is 0 Å². The van der Waals surface area contributed by atoms with Gasteiger partial charge in [-0.3, -0.25) is 0 Å². The number of benzene rings is 1. The molecule has 1 aliphatic rings. The topological polar surface area (TPSA) is 35.2 Å². The van der Waals surface area contributed by atoms with E-state index in [1.165, 1.54) is 0 Å². The minimum Gasteiger partial charge on any atom is -0.482 e. The highest BCUT2D eigenvalue weighted by Gasteiger charge is 2.42. The fourth-order valence-corrected chi connectivity index (χ4v) is 1.95. The molecule has 2 rings (SSSR count). The molecule has 6 heteroatoms. The molecular weight excluding hydrogens is 238 g/mol. The average molecular weight is 249 g/mol. The van der Waals surface area contributed by atoms with E-state index >= 15 is 0 Å². The van der Waals surface area contributed by atoms with Gasteiger partial charge < -0.3 is 10.5 Å². The monoisotopic (exact) mass is 249 g/mol. The van der Waals surface area contributed by atoms with E-state index in [0.717, 1.165) is 0 Å². The molecule has 1 unspecified atom stereocenters. The van der Waals surface area contributed by atoms with Crippen molar-refractivity contribution in [3.05, 3.63) is 28.8 Å². The summed E-state index contributed by atoms with van der Waals surface area (Å²) >= 11 is 0. The van der Waals surface area contributed by atoms with Crippen molar-refractivity contribution < 1.29 is 22.3 Å². The highest BCUT2D eigenvalue weighted by atomic mass is 19.2. The standard InChI is InChI=1S/C11H11F4NO/c1-2-11(4-16)3-5-6(12)7(13)8(14)9(15)10(5)17-11/h2-4,16H2,1H3. The summed E-state index contributed by atoms with van der Waals surface area (Å²) in [6.45, 7) is 1.74. The van der Waals surface area contributed by atoms with Crippen molar-refractivity contribution in [2.75, 3.05) is 6.54 Å². The number of hydrogen-bond acceptors (Lipinski definition) is 2. The lowest BCUT2D eigenvalue weighted by Crippen LogP contribution is -2.41. The fraction of sp³-hybridized carbons (Fsp3) is 0.455. The highest BCUT2D eigenvalue weighted by molar-refractivity contribution is 5.43. The Hall–Kier alpha value is -1.30. The molecule has 1 heterocycles. The molecule has 0 amide bonds. The molecule has 0 aromatic heterocycles. The van der Waals surface area contributed by atoms with Crippen LogP contribution in [0.5, 0.6) is 5.75 Å². The molecule has 0 bridgehead atoms. The van der Waals surface area contributed by atoms with Crippen molar-refractivity contribution in [1.29, 1.82) is 0 Å². The zero-order valence-corrected chi connectivity index (χ0v) is 9.12. The molecule has 0 saturated heterocycles. The summed E-state index contributed by atoms with van der Waals surface area (Å²) in [4.78, 5) is 0. The number of fused-ring (bicyclic) bond motifs is 1. The van der Waals surface area contributed by atoms with Crippen LogP contribution >= 0.6 is 0 Å². The first kappa shape index (κ1) is 12.2. The summed E-state index contributed by atoms with van der Waals surface area (Å²) in [5.74, 6) is -7.13. The molecule has 1 aromatic rings. The SMILES string of the molecule is CCC1(CN)Cc2c(F)c(F)c(F)c(F)c2O1. The molecule has 17 heavy (non-hydrogen) atoms. The van der Waals surface area contributed by atoms with Crippen LogP contribution in [0.15, 0.2) is 0 Å². The van der Waals surface area contributed by atoms with Gasteiger partial charge in [0, 0.05) is 18.5 Å². The Balaban J connectivity index is 2.59. The van der Waals surface area contributed by atoms with E-state index in [-0.39, 0.29) is 18.5 Å². The Kier molecular flexibility index (Phi) is 2.77. The van der Waals surface area contributed by atoms with Crippen LogP contribution in [0.2, 0.25) is 0 Å². The third kappa shape index (κ3) is 1.58. The van der Waals surface area contributed by atoms with Gasteiger partial charge in [0.2, 0.25) is 11.6 Å². The van der Waals surface area contributed by atoms with E-state index in [1.807, 2.05) is 0 Å². The number of nitrogens with two attached hydrogens (primary N) is 1. The molecule has 1 aromatic carbocycles. The van der Waals surface area contributed by atoms with Gasteiger partial charge in [-0.05, 0) is 6.42 Å². The second-order valence-corrected chi connectivity index (χ2v) is 4.08. The zero-order chi connectivity index (χ0) is 12.8. The lowest BCUT2D eigenvalue weighted by Gasteiger charge is -2.25. The van der Waals surface area contributed by atoms with Gasteiger partial charge >= 0.3 is 0 Å². The molecule has 0 saturated carbocycles. The first-order valence-electron chi connectivity index (χ1n) is 5.19. The Morgan fingerprint density at radius 1 is 1.12 bits per heavy atom. The third-order valence-electron chi connectivity index (χ3n) is 3.15. The van der Waals surface area contributed by atoms with Gasteiger partial charge in [-0.15, -0.1) is 0 Å². The lowest BCUT2D eigenvalue weighted by molar-refractivity contribution is 0.0943. The van der Waals surface area contributed by atoms with Crippen LogP contribution in [0.1, 0.15) is 18.9 Å². The molecule has 0 fully saturated rings. The van der Waals surface area contributed by atoms with Crippen molar-refractivity contribution >= 4 is 0 Å². The summed E-state index contributed by atoms with van der Waals surface area (Å²) in [5.41, 5.74) is 4.21. The van der Waals surface area contributed by atoms with Crippen LogP contribution in [0.4, 0.5) is 17.6 Å². The van der Waals surface area contributed by atoms with Gasteiger partial charge in [0.05, 0.1) is 0 Å². The number of rotatable bonds is 2. The molecular formula is C11H11F4NO. The Morgan fingerprint density at radius 2 is 1.71 bits per heavy atom. The summed E-state index contributed by atoms with van der Waals surface area (Å²) in [5, 5.41) is 0. The Morgan fingerprint density at radius 3 is 2.24 bits per heavy atom. The minimum absolute atomic E-state index is 0.0142. The molecule has 1 aliphatic heterocycles. The van der Waals surface area contributed by atoms with Crippen molar-refractivity contribution in [3.63, 3.8) is 0 Å². The van der Waals surface area contributed by atoms with Crippen molar-refractivity contribution in [1.82, 2.24) is 0 Å². The average Bonchev–Trinajstić information content (AvgIpc) is 2.74. The number of ether oxygens (including phenoxy) is 1. The predicted octanol–water partition coefficient (Wildman–Crippen LogP) is 2.29. The molecule has 2 N–H and O–H groups in total. The van der Waals surface area contributed by atoms with E-state index < -0.39 is 34.6 Å². The van der Waals surface area contributed by atoms with Gasteiger partial charge in [0.15, 0.2) is 17.4 Å². The Labute approximate surface area is 95.4 Å². The summed E-state index contributed by atoms with van der Waals surface area (Å²) in [7, 11) is 0. The molecule has 1 atom stereocenters. The van der Waals surface area contributed by atoms with Crippen LogP contribution in [0, 0.1) is 23.3 Å². The van der Waals surface area contributed by atoms with Gasteiger partial charge in [0.25, 0.3) is 0 Å². The van der Waals surface area contributed by atoms with E-state index in [4.69, 9.17) is 10.5 Å². The number of hydrogen-bond donors (Lipinski definition) is 1. The van der Waals surface area contributed by atoms with Gasteiger partial charge in [-0.2, -0.15) is 4.39 Å². The van der Waals surface area contributed by atoms with Crippen LogP contribution < -0.4 is 10.5 Å². The maximum atomic E-state index is 13.5. The highest BCUT2D eigenvalue weighted by Crippen LogP contribution is 2.41. The van der Waals surface area contributed by atoms with Gasteiger partial charge in [0.1, 0.15) is 5.60 Å². The minimum atomic E-state index is -1.86. The summed E-state index contributed by atoms with van der Waals surface area (Å²) in [6.07, 6.45) is 0.329. The second kappa shape index (κ2) is 3.87. The van der Waals surface area contributed by atoms with E-state index in [9.17, 15) is 17.6 Å². The van der Waals surface area contributed by atoms with E-state index in [0.29, 0.717) is 6.42 Å². The van der Waals surface area contributed by atoms with Crippen LogP contribution in [-0.4, -0.2) is 12.1 Å². The maximum Gasteiger partial charge on any atom is 0.204 e. The number of halogens is 4. The smallest absolute Gasteiger partial charge is 0.204 e. The molecule has 0 spiro atoms. The van der Waals surface area contributed by atoms with Gasteiger partial charge in [-0.1, -0.05) is 6.92 Å². The lowest BCUT2D eigenvalue weighted by atomic mass is 9.94. The fourth-order valence-electron chi connectivity index (χ4n) is 1.95.